The van der Waals surface area contributed by atoms with Gasteiger partial charge in [0, 0.05) is 32.4 Å². The highest BCUT2D eigenvalue weighted by molar-refractivity contribution is 5.73. The normalized spacial score (nSPS) is 14.8. The number of pyridine rings is 1. The number of aromatic nitrogens is 1. The Balaban J connectivity index is 1.76. The molecule has 6 nitrogen and oxygen atoms in total. The van der Waals surface area contributed by atoms with Gasteiger partial charge < -0.3 is 20.3 Å². The molecule has 1 aromatic rings. The first-order valence-electron chi connectivity index (χ1n) is 8.55. The maximum absolute atomic E-state index is 14.2. The van der Waals surface area contributed by atoms with Gasteiger partial charge in [0.25, 0.3) is 0 Å². The number of morpholine rings is 1. The minimum atomic E-state index is -0.367. The van der Waals surface area contributed by atoms with E-state index in [9.17, 15) is 9.18 Å². The van der Waals surface area contributed by atoms with Crippen molar-refractivity contribution in [2.45, 2.75) is 33.2 Å². The average molecular weight is 338 g/mol. The van der Waals surface area contributed by atoms with Gasteiger partial charge in [-0.25, -0.2) is 14.2 Å². The van der Waals surface area contributed by atoms with E-state index >= 15 is 0 Å². The summed E-state index contributed by atoms with van der Waals surface area (Å²) in [5.74, 6) is 0.614. The van der Waals surface area contributed by atoms with E-state index in [0.29, 0.717) is 50.1 Å². The van der Waals surface area contributed by atoms with Crippen molar-refractivity contribution in [3.05, 3.63) is 23.6 Å². The lowest BCUT2D eigenvalue weighted by Crippen LogP contribution is -2.37. The zero-order chi connectivity index (χ0) is 17.4. The van der Waals surface area contributed by atoms with Crippen molar-refractivity contribution in [1.82, 2.24) is 15.6 Å². The highest BCUT2D eigenvalue weighted by Crippen LogP contribution is 2.18. The SMILES string of the molecule is CC(C)CCCNC(=O)NCc1cnc(N2CCOCC2)c(F)c1. The van der Waals surface area contributed by atoms with Crippen molar-refractivity contribution in [3.8, 4) is 0 Å². The number of rotatable bonds is 7. The number of hydrogen-bond acceptors (Lipinski definition) is 4. The van der Waals surface area contributed by atoms with Gasteiger partial charge >= 0.3 is 6.03 Å². The number of nitrogens with zero attached hydrogens (tertiary/aromatic N) is 2. The molecular weight excluding hydrogens is 311 g/mol. The van der Waals surface area contributed by atoms with Gasteiger partial charge in [-0.05, 0) is 30.4 Å². The Hall–Kier alpha value is -1.89. The molecule has 0 unspecified atom stereocenters. The molecular formula is C17H27FN4O2. The lowest BCUT2D eigenvalue weighted by atomic mass is 10.1. The zero-order valence-corrected chi connectivity index (χ0v) is 14.5. The molecule has 2 heterocycles. The molecule has 134 valence electrons. The molecule has 1 aliphatic rings. The van der Waals surface area contributed by atoms with Crippen LogP contribution >= 0.6 is 0 Å². The van der Waals surface area contributed by atoms with Crippen molar-refractivity contribution in [2.24, 2.45) is 5.92 Å². The lowest BCUT2D eigenvalue weighted by Gasteiger charge is -2.28. The molecule has 0 atom stereocenters. The van der Waals surface area contributed by atoms with Crippen LogP contribution in [0, 0.1) is 11.7 Å². The molecule has 2 N–H and O–H groups in total. The first-order chi connectivity index (χ1) is 11.6. The fourth-order valence-electron chi connectivity index (χ4n) is 2.53. The standard InChI is InChI=1S/C17H27FN4O2/c1-13(2)4-3-5-19-17(23)21-12-14-10-15(18)16(20-11-14)22-6-8-24-9-7-22/h10-11,13H,3-9,12H2,1-2H3,(H2,19,21,23). The van der Waals surface area contributed by atoms with E-state index in [1.54, 1.807) is 6.20 Å². The van der Waals surface area contributed by atoms with Crippen molar-refractivity contribution < 1.29 is 13.9 Å². The van der Waals surface area contributed by atoms with E-state index in [-0.39, 0.29) is 18.4 Å². The van der Waals surface area contributed by atoms with Crippen LogP contribution in [-0.2, 0) is 11.3 Å². The Morgan fingerprint density at radius 1 is 1.38 bits per heavy atom. The summed E-state index contributed by atoms with van der Waals surface area (Å²) >= 11 is 0. The van der Waals surface area contributed by atoms with Gasteiger partial charge in [0.15, 0.2) is 11.6 Å². The van der Waals surface area contributed by atoms with Crippen LogP contribution in [0.4, 0.5) is 15.0 Å². The summed E-state index contributed by atoms with van der Waals surface area (Å²) in [4.78, 5) is 17.8. The Bertz CT molecular complexity index is 533. The number of hydrogen-bond donors (Lipinski definition) is 2. The third kappa shape index (κ3) is 5.96. The lowest BCUT2D eigenvalue weighted by molar-refractivity contribution is 0.122. The number of carbonyl (C=O) groups is 1. The molecule has 24 heavy (non-hydrogen) atoms. The number of ether oxygens (including phenoxy) is 1. The second-order valence-corrected chi connectivity index (χ2v) is 6.39. The highest BCUT2D eigenvalue weighted by Gasteiger charge is 2.16. The van der Waals surface area contributed by atoms with Gasteiger partial charge in [-0.1, -0.05) is 13.8 Å². The molecule has 2 amide bonds. The van der Waals surface area contributed by atoms with Crippen LogP contribution in [0.2, 0.25) is 0 Å². The van der Waals surface area contributed by atoms with E-state index < -0.39 is 0 Å². The number of halogens is 1. The second-order valence-electron chi connectivity index (χ2n) is 6.39. The molecule has 0 aromatic carbocycles. The summed E-state index contributed by atoms with van der Waals surface area (Å²) in [6.07, 6.45) is 3.64. The maximum atomic E-state index is 14.2. The largest absolute Gasteiger partial charge is 0.378 e. The number of nitrogens with one attached hydrogen (secondary N) is 2. The van der Waals surface area contributed by atoms with Gasteiger partial charge in [0.05, 0.1) is 13.2 Å². The number of carbonyl (C=O) groups excluding carboxylic acids is 1. The predicted octanol–water partition coefficient (Wildman–Crippen LogP) is 2.29. The second kappa shape index (κ2) is 9.42. The molecule has 1 saturated heterocycles. The van der Waals surface area contributed by atoms with Crippen LogP contribution in [0.25, 0.3) is 0 Å². The van der Waals surface area contributed by atoms with E-state index in [2.05, 4.69) is 29.5 Å². The molecule has 7 heteroatoms. The van der Waals surface area contributed by atoms with E-state index in [1.807, 2.05) is 4.90 Å². The summed E-state index contributed by atoms with van der Waals surface area (Å²) in [5, 5.41) is 5.52. The van der Waals surface area contributed by atoms with Crippen LogP contribution < -0.4 is 15.5 Å². The Morgan fingerprint density at radius 2 is 2.12 bits per heavy atom. The first kappa shape index (κ1) is 18.4. The third-order valence-corrected chi connectivity index (χ3v) is 3.89. The summed E-state index contributed by atoms with van der Waals surface area (Å²) in [6, 6.07) is 1.19. The quantitative estimate of drug-likeness (QED) is 0.749. The monoisotopic (exact) mass is 338 g/mol. The van der Waals surface area contributed by atoms with Gasteiger partial charge in [-0.15, -0.1) is 0 Å². The van der Waals surface area contributed by atoms with Crippen LogP contribution in [0.5, 0.6) is 0 Å². The van der Waals surface area contributed by atoms with Crippen LogP contribution in [0.15, 0.2) is 12.3 Å². The number of anilines is 1. The Morgan fingerprint density at radius 3 is 2.79 bits per heavy atom. The fourth-order valence-corrected chi connectivity index (χ4v) is 2.53. The zero-order valence-electron chi connectivity index (χ0n) is 14.5. The van der Waals surface area contributed by atoms with Crippen LogP contribution in [0.3, 0.4) is 0 Å². The van der Waals surface area contributed by atoms with Gasteiger partial charge in [0.1, 0.15) is 0 Å². The fraction of sp³-hybridized carbons (Fsp3) is 0.647. The topological polar surface area (TPSA) is 66.5 Å². The molecule has 1 fully saturated rings. The predicted molar refractivity (Wildman–Crippen MR) is 91.5 cm³/mol. The van der Waals surface area contributed by atoms with Crippen LogP contribution in [0.1, 0.15) is 32.3 Å². The average Bonchev–Trinajstić information content (AvgIpc) is 2.57. The minimum absolute atomic E-state index is 0.239. The van der Waals surface area contributed by atoms with Gasteiger partial charge in [-0.3, -0.25) is 0 Å². The molecule has 0 radical (unpaired) electrons. The molecule has 0 saturated carbocycles. The van der Waals surface area contributed by atoms with Gasteiger partial charge in [0.2, 0.25) is 0 Å². The first-order valence-corrected chi connectivity index (χ1v) is 8.55. The highest BCUT2D eigenvalue weighted by atomic mass is 19.1. The van der Waals surface area contributed by atoms with Crippen molar-refractivity contribution in [3.63, 3.8) is 0 Å². The summed E-state index contributed by atoms with van der Waals surface area (Å²) in [5.41, 5.74) is 0.641. The molecule has 1 aromatic heterocycles. The Kier molecular flexibility index (Phi) is 7.24. The molecule has 0 bridgehead atoms. The van der Waals surface area contributed by atoms with Crippen molar-refractivity contribution in [1.29, 1.82) is 0 Å². The van der Waals surface area contributed by atoms with Crippen molar-refractivity contribution in [2.75, 3.05) is 37.7 Å². The minimum Gasteiger partial charge on any atom is -0.378 e. The summed E-state index contributed by atoms with van der Waals surface area (Å²) < 4.78 is 19.5. The molecule has 0 aliphatic carbocycles. The third-order valence-electron chi connectivity index (χ3n) is 3.89. The van der Waals surface area contributed by atoms with E-state index in [4.69, 9.17) is 4.74 Å². The van der Waals surface area contributed by atoms with E-state index in [0.717, 1.165) is 12.8 Å². The number of urea groups is 1. The Labute approximate surface area is 142 Å². The molecule has 1 aliphatic heterocycles. The smallest absolute Gasteiger partial charge is 0.315 e. The van der Waals surface area contributed by atoms with Gasteiger partial charge in [-0.2, -0.15) is 0 Å². The number of amides is 2. The van der Waals surface area contributed by atoms with Crippen LogP contribution in [-0.4, -0.2) is 43.9 Å². The molecule has 2 rings (SSSR count). The maximum Gasteiger partial charge on any atom is 0.315 e. The molecule has 0 spiro atoms. The van der Waals surface area contributed by atoms with E-state index in [1.165, 1.54) is 6.07 Å². The summed E-state index contributed by atoms with van der Waals surface area (Å²) in [6.45, 7) is 7.66. The van der Waals surface area contributed by atoms with Crippen molar-refractivity contribution >= 4 is 11.8 Å². The summed E-state index contributed by atoms with van der Waals surface area (Å²) in [7, 11) is 0.